The summed E-state index contributed by atoms with van der Waals surface area (Å²) in [4.78, 5) is 12.5. The molecule has 2 bridgehead atoms. The van der Waals surface area contributed by atoms with Gasteiger partial charge in [-0.25, -0.2) is 0 Å². The van der Waals surface area contributed by atoms with Gasteiger partial charge in [0.1, 0.15) is 0 Å². The number of nitrogens with one attached hydrogen (secondary N) is 1. The van der Waals surface area contributed by atoms with Crippen molar-refractivity contribution in [1.82, 2.24) is 9.88 Å². The van der Waals surface area contributed by atoms with E-state index in [2.05, 4.69) is 35.1 Å². The highest BCUT2D eigenvalue weighted by Crippen LogP contribution is 2.49. The second-order valence-corrected chi connectivity index (χ2v) is 7.65. The Morgan fingerprint density at radius 3 is 2.87 bits per heavy atom. The smallest absolute Gasteiger partial charge is 0.224 e. The number of para-hydroxylation sites is 1. The lowest BCUT2D eigenvalue weighted by Gasteiger charge is -2.28. The molecule has 23 heavy (non-hydrogen) atoms. The summed E-state index contributed by atoms with van der Waals surface area (Å²) in [5, 5.41) is 4.47. The molecule has 2 aromatic rings. The number of benzene rings is 1. The monoisotopic (exact) mass is 310 g/mol. The highest BCUT2D eigenvalue weighted by atomic mass is 16.1. The molecular weight excluding hydrogens is 284 g/mol. The second-order valence-electron chi connectivity index (χ2n) is 7.65. The zero-order valence-electron chi connectivity index (χ0n) is 14.1. The lowest BCUT2D eigenvalue weighted by Crippen LogP contribution is -2.40. The zero-order valence-corrected chi connectivity index (χ0v) is 14.1. The minimum Gasteiger partial charge on any atom is -0.353 e. The molecule has 0 saturated heterocycles. The highest BCUT2D eigenvalue weighted by molar-refractivity contribution is 5.89. The molecule has 4 rings (SSSR count). The summed E-state index contributed by atoms with van der Waals surface area (Å²) >= 11 is 0. The van der Waals surface area contributed by atoms with Crippen molar-refractivity contribution in [2.75, 3.05) is 0 Å². The Morgan fingerprint density at radius 1 is 1.30 bits per heavy atom. The van der Waals surface area contributed by atoms with E-state index in [1.807, 2.05) is 19.2 Å². The molecule has 3 heteroatoms. The van der Waals surface area contributed by atoms with E-state index >= 15 is 0 Å². The second kappa shape index (κ2) is 5.70. The van der Waals surface area contributed by atoms with Crippen molar-refractivity contribution >= 4 is 16.8 Å². The lowest BCUT2D eigenvalue weighted by atomic mass is 9.84. The maximum atomic E-state index is 12.5. The van der Waals surface area contributed by atoms with Gasteiger partial charge in [-0.3, -0.25) is 4.79 Å². The molecule has 4 unspecified atom stereocenters. The third kappa shape index (κ3) is 2.66. The molecule has 2 fully saturated rings. The molecule has 1 amide bonds. The number of aryl methyl sites for hydroxylation is 1. The topological polar surface area (TPSA) is 34.0 Å². The fourth-order valence-corrected chi connectivity index (χ4v) is 5.06. The molecule has 2 aliphatic rings. The van der Waals surface area contributed by atoms with Crippen LogP contribution in [-0.4, -0.2) is 16.5 Å². The number of fused-ring (bicyclic) bond motifs is 3. The third-order valence-electron chi connectivity index (χ3n) is 6.15. The summed E-state index contributed by atoms with van der Waals surface area (Å²) < 4.78 is 2.11. The standard InChI is InChI=1S/C20H26N2O/c1-13(18-10-14-7-8-15(18)9-14)21-20(23)11-16-12-22(2)19-6-4-3-5-17(16)19/h3-6,12-15,18H,7-11H2,1-2H3,(H,21,23). The van der Waals surface area contributed by atoms with Gasteiger partial charge in [0.25, 0.3) is 0 Å². The van der Waals surface area contributed by atoms with Crippen LogP contribution in [0.4, 0.5) is 0 Å². The van der Waals surface area contributed by atoms with Crippen molar-refractivity contribution < 1.29 is 4.79 Å². The highest BCUT2D eigenvalue weighted by Gasteiger charge is 2.42. The summed E-state index contributed by atoms with van der Waals surface area (Å²) in [6, 6.07) is 8.62. The van der Waals surface area contributed by atoms with E-state index in [1.165, 1.54) is 36.6 Å². The molecule has 1 N–H and O–H groups in total. The maximum Gasteiger partial charge on any atom is 0.224 e. The van der Waals surface area contributed by atoms with E-state index in [0.717, 1.165) is 17.4 Å². The van der Waals surface area contributed by atoms with Crippen LogP contribution in [0.3, 0.4) is 0 Å². The number of hydrogen-bond donors (Lipinski definition) is 1. The van der Waals surface area contributed by atoms with Crippen LogP contribution in [0, 0.1) is 17.8 Å². The molecule has 2 aliphatic carbocycles. The molecule has 1 heterocycles. The maximum absolute atomic E-state index is 12.5. The molecule has 1 aromatic heterocycles. The average Bonchev–Trinajstić information content (AvgIpc) is 3.23. The van der Waals surface area contributed by atoms with Crippen molar-refractivity contribution in [3.63, 3.8) is 0 Å². The summed E-state index contributed by atoms with van der Waals surface area (Å²) in [5.41, 5.74) is 2.32. The number of rotatable bonds is 4. The van der Waals surface area contributed by atoms with Gasteiger partial charge in [-0.15, -0.1) is 0 Å². The van der Waals surface area contributed by atoms with Gasteiger partial charge >= 0.3 is 0 Å². The number of hydrogen-bond acceptors (Lipinski definition) is 1. The largest absolute Gasteiger partial charge is 0.353 e. The summed E-state index contributed by atoms with van der Waals surface area (Å²) in [6.45, 7) is 2.20. The molecule has 0 spiro atoms. The van der Waals surface area contributed by atoms with Gasteiger partial charge in [-0.1, -0.05) is 24.6 Å². The van der Waals surface area contributed by atoms with Gasteiger partial charge in [-0.05, 0) is 55.6 Å². The minimum absolute atomic E-state index is 0.164. The Kier molecular flexibility index (Phi) is 3.67. The SMILES string of the molecule is CC(NC(=O)Cc1cn(C)c2ccccc12)C1CC2CCC1C2. The Balaban J connectivity index is 1.43. The van der Waals surface area contributed by atoms with Gasteiger partial charge < -0.3 is 9.88 Å². The van der Waals surface area contributed by atoms with Gasteiger partial charge in [0.15, 0.2) is 0 Å². The Hall–Kier alpha value is -1.77. The van der Waals surface area contributed by atoms with E-state index in [0.29, 0.717) is 18.4 Å². The summed E-state index contributed by atoms with van der Waals surface area (Å²) in [5.74, 6) is 2.65. The summed E-state index contributed by atoms with van der Waals surface area (Å²) in [7, 11) is 2.04. The Bertz CT molecular complexity index is 732. The van der Waals surface area contributed by atoms with Crippen molar-refractivity contribution in [3.8, 4) is 0 Å². The Morgan fingerprint density at radius 2 is 2.13 bits per heavy atom. The first kappa shape index (κ1) is 14.8. The van der Waals surface area contributed by atoms with E-state index in [-0.39, 0.29) is 5.91 Å². The average molecular weight is 310 g/mol. The quantitative estimate of drug-likeness (QED) is 0.918. The number of carbonyl (C=O) groups is 1. The van der Waals surface area contributed by atoms with Crippen molar-refractivity contribution in [2.24, 2.45) is 24.8 Å². The fraction of sp³-hybridized carbons (Fsp3) is 0.550. The minimum atomic E-state index is 0.164. The van der Waals surface area contributed by atoms with Crippen LogP contribution < -0.4 is 5.32 Å². The molecule has 122 valence electrons. The molecule has 0 aliphatic heterocycles. The zero-order chi connectivity index (χ0) is 16.0. The van der Waals surface area contributed by atoms with Crippen LogP contribution in [0.15, 0.2) is 30.5 Å². The van der Waals surface area contributed by atoms with E-state index in [9.17, 15) is 4.79 Å². The van der Waals surface area contributed by atoms with Crippen LogP contribution in [0.5, 0.6) is 0 Å². The van der Waals surface area contributed by atoms with Crippen LogP contribution in [0.2, 0.25) is 0 Å². The number of amides is 1. The first-order valence-electron chi connectivity index (χ1n) is 8.94. The van der Waals surface area contributed by atoms with E-state index < -0.39 is 0 Å². The van der Waals surface area contributed by atoms with E-state index in [4.69, 9.17) is 0 Å². The van der Waals surface area contributed by atoms with Crippen LogP contribution in [0.25, 0.3) is 10.9 Å². The van der Waals surface area contributed by atoms with Crippen LogP contribution >= 0.6 is 0 Å². The van der Waals surface area contributed by atoms with Gasteiger partial charge in [0, 0.05) is 30.2 Å². The summed E-state index contributed by atoms with van der Waals surface area (Å²) in [6.07, 6.45) is 8.07. The van der Waals surface area contributed by atoms with Crippen molar-refractivity contribution in [2.45, 2.75) is 45.1 Å². The van der Waals surface area contributed by atoms with Crippen molar-refractivity contribution in [3.05, 3.63) is 36.0 Å². The normalized spacial score (nSPS) is 27.5. The lowest BCUT2D eigenvalue weighted by molar-refractivity contribution is -0.121. The number of aromatic nitrogens is 1. The van der Waals surface area contributed by atoms with Crippen molar-refractivity contribution in [1.29, 1.82) is 0 Å². The predicted octanol–water partition coefficient (Wildman–Crippen LogP) is 3.66. The predicted molar refractivity (Wildman–Crippen MR) is 93.2 cm³/mol. The Labute approximate surface area is 138 Å². The molecule has 2 saturated carbocycles. The molecule has 4 atom stereocenters. The first-order chi connectivity index (χ1) is 11.1. The van der Waals surface area contributed by atoms with Gasteiger partial charge in [0.2, 0.25) is 5.91 Å². The third-order valence-corrected chi connectivity index (χ3v) is 6.15. The fourth-order valence-electron chi connectivity index (χ4n) is 5.06. The first-order valence-corrected chi connectivity index (χ1v) is 8.94. The number of nitrogens with zero attached hydrogens (tertiary/aromatic N) is 1. The van der Waals surface area contributed by atoms with Gasteiger partial charge in [0.05, 0.1) is 6.42 Å². The van der Waals surface area contributed by atoms with Gasteiger partial charge in [-0.2, -0.15) is 0 Å². The van der Waals surface area contributed by atoms with E-state index in [1.54, 1.807) is 0 Å². The van der Waals surface area contributed by atoms with Crippen LogP contribution in [0.1, 0.15) is 38.2 Å². The molecule has 0 radical (unpaired) electrons. The molecule has 3 nitrogen and oxygen atoms in total. The molecular formula is C20H26N2O. The number of carbonyl (C=O) groups excluding carboxylic acids is 1. The molecule has 1 aromatic carbocycles. The van der Waals surface area contributed by atoms with Crippen LogP contribution in [-0.2, 0) is 18.3 Å².